The molecule has 0 spiro atoms. The first kappa shape index (κ1) is 16.3. The molecule has 0 N–H and O–H groups in total. The van der Waals surface area contributed by atoms with Crippen molar-refractivity contribution in [1.82, 2.24) is 4.98 Å². The molecule has 0 saturated carbocycles. The Labute approximate surface area is 150 Å². The third kappa shape index (κ3) is 3.42. The molecule has 0 aliphatic heterocycles. The first-order valence-corrected chi connectivity index (χ1v) is 8.54. The molecule has 1 aliphatic carbocycles. The maximum absolute atomic E-state index is 12.2. The second-order valence-electron chi connectivity index (χ2n) is 6.22. The quantitative estimate of drug-likeness (QED) is 0.399. The number of para-hydroxylation sites is 2. The molecular formula is C21H17NO4. The van der Waals surface area contributed by atoms with E-state index in [9.17, 15) is 9.59 Å². The summed E-state index contributed by atoms with van der Waals surface area (Å²) in [5.41, 5.74) is 4.47. The third-order valence-electron chi connectivity index (χ3n) is 4.44. The summed E-state index contributed by atoms with van der Waals surface area (Å²) in [7, 11) is 0. The fraction of sp³-hybridized carbons (Fsp3) is 0.190. The highest BCUT2D eigenvalue weighted by atomic mass is 16.5. The van der Waals surface area contributed by atoms with Crippen molar-refractivity contribution in [1.29, 1.82) is 0 Å². The zero-order valence-corrected chi connectivity index (χ0v) is 14.1. The maximum Gasteiger partial charge on any atom is 0.331 e. The van der Waals surface area contributed by atoms with Crippen LogP contribution in [0.5, 0.6) is 0 Å². The summed E-state index contributed by atoms with van der Waals surface area (Å²) >= 11 is 0. The number of fused-ring (bicyclic) bond motifs is 2. The summed E-state index contributed by atoms with van der Waals surface area (Å²) in [5.74, 6) is -0.502. The van der Waals surface area contributed by atoms with Gasteiger partial charge in [-0.15, -0.1) is 0 Å². The number of aromatic nitrogens is 1. The Balaban J connectivity index is 1.35. The Morgan fingerprint density at radius 2 is 1.96 bits per heavy atom. The van der Waals surface area contributed by atoms with Gasteiger partial charge in [0.2, 0.25) is 5.89 Å². The predicted octanol–water partition coefficient (Wildman–Crippen LogP) is 3.76. The van der Waals surface area contributed by atoms with E-state index in [-0.39, 0.29) is 12.4 Å². The molecule has 2 aromatic carbocycles. The monoisotopic (exact) mass is 347 g/mol. The third-order valence-corrected chi connectivity index (χ3v) is 4.44. The standard InChI is InChI=1S/C21H17NO4/c23-18(16-9-8-14-4-3-5-15(14)12-16)13-25-21(24)11-10-20-22-17-6-1-2-7-19(17)26-20/h1-2,6-12H,3-5,13H2/b11-10+. The van der Waals surface area contributed by atoms with E-state index in [1.165, 1.54) is 23.3 Å². The number of oxazole rings is 1. The smallest absolute Gasteiger partial charge is 0.331 e. The zero-order valence-electron chi connectivity index (χ0n) is 14.1. The Kier molecular flexibility index (Phi) is 4.35. The molecule has 0 unspecified atom stereocenters. The molecule has 4 rings (SSSR count). The number of rotatable bonds is 5. The van der Waals surface area contributed by atoms with Gasteiger partial charge >= 0.3 is 5.97 Å². The lowest BCUT2D eigenvalue weighted by atomic mass is 10.0. The molecule has 0 amide bonds. The van der Waals surface area contributed by atoms with Crippen LogP contribution >= 0.6 is 0 Å². The largest absolute Gasteiger partial charge is 0.454 e. The molecule has 130 valence electrons. The first-order valence-electron chi connectivity index (χ1n) is 8.54. The van der Waals surface area contributed by atoms with E-state index < -0.39 is 5.97 Å². The van der Waals surface area contributed by atoms with Gasteiger partial charge in [0.1, 0.15) is 5.52 Å². The van der Waals surface area contributed by atoms with Gasteiger partial charge in [0.05, 0.1) is 0 Å². The van der Waals surface area contributed by atoms with E-state index in [0.29, 0.717) is 22.6 Å². The van der Waals surface area contributed by atoms with Gasteiger partial charge in [-0.3, -0.25) is 4.79 Å². The molecule has 1 aromatic heterocycles. The minimum Gasteiger partial charge on any atom is -0.454 e. The van der Waals surface area contributed by atoms with E-state index in [2.05, 4.69) is 4.98 Å². The molecule has 26 heavy (non-hydrogen) atoms. The molecule has 5 nitrogen and oxygen atoms in total. The lowest BCUT2D eigenvalue weighted by Crippen LogP contribution is -2.12. The van der Waals surface area contributed by atoms with Crippen LogP contribution in [0.25, 0.3) is 17.2 Å². The number of aryl methyl sites for hydroxylation is 2. The number of carbonyl (C=O) groups excluding carboxylic acids is 2. The average Bonchev–Trinajstić information content (AvgIpc) is 3.29. The van der Waals surface area contributed by atoms with Crippen LogP contribution in [0.1, 0.15) is 33.8 Å². The molecular weight excluding hydrogens is 330 g/mol. The van der Waals surface area contributed by atoms with Gasteiger partial charge in [-0.2, -0.15) is 0 Å². The van der Waals surface area contributed by atoms with Crippen LogP contribution in [-0.2, 0) is 22.4 Å². The number of Topliss-reactive ketones (excluding diaryl/α,β-unsaturated/α-hetero) is 1. The highest BCUT2D eigenvalue weighted by Gasteiger charge is 2.15. The molecule has 0 saturated heterocycles. The van der Waals surface area contributed by atoms with Crippen LogP contribution < -0.4 is 0 Å². The fourth-order valence-electron chi connectivity index (χ4n) is 3.11. The summed E-state index contributed by atoms with van der Waals surface area (Å²) in [6.45, 7) is -0.282. The second kappa shape index (κ2) is 6.96. The van der Waals surface area contributed by atoms with Gasteiger partial charge in [-0.25, -0.2) is 9.78 Å². The normalized spacial score (nSPS) is 13.2. The minimum atomic E-state index is -0.609. The van der Waals surface area contributed by atoms with E-state index in [4.69, 9.17) is 9.15 Å². The van der Waals surface area contributed by atoms with Crippen molar-refractivity contribution < 1.29 is 18.7 Å². The second-order valence-corrected chi connectivity index (χ2v) is 6.22. The van der Waals surface area contributed by atoms with Crippen LogP contribution in [0.15, 0.2) is 53.0 Å². The number of ether oxygens (including phenoxy) is 1. The zero-order chi connectivity index (χ0) is 17.9. The van der Waals surface area contributed by atoms with Crippen molar-refractivity contribution in [3.63, 3.8) is 0 Å². The molecule has 1 aliphatic rings. The number of carbonyl (C=O) groups is 2. The number of hydrogen-bond acceptors (Lipinski definition) is 5. The van der Waals surface area contributed by atoms with Gasteiger partial charge in [0.15, 0.2) is 18.0 Å². The number of benzene rings is 2. The number of ketones is 1. The number of esters is 1. The first-order chi connectivity index (χ1) is 12.7. The van der Waals surface area contributed by atoms with Gasteiger partial charge in [-0.05, 0) is 48.6 Å². The Morgan fingerprint density at radius 1 is 1.12 bits per heavy atom. The molecule has 0 fully saturated rings. The summed E-state index contributed by atoms with van der Waals surface area (Å²) in [6.07, 6.45) is 5.84. The Hall–Kier alpha value is -3.21. The van der Waals surface area contributed by atoms with Crippen LogP contribution in [0.4, 0.5) is 0 Å². The van der Waals surface area contributed by atoms with Gasteiger partial charge in [0, 0.05) is 17.7 Å². The Bertz CT molecular complexity index is 983. The van der Waals surface area contributed by atoms with E-state index in [1.807, 2.05) is 30.3 Å². The maximum atomic E-state index is 12.2. The highest BCUT2D eigenvalue weighted by Crippen LogP contribution is 2.23. The van der Waals surface area contributed by atoms with E-state index in [1.54, 1.807) is 12.1 Å². The van der Waals surface area contributed by atoms with Crippen molar-refractivity contribution in [3.8, 4) is 0 Å². The fourth-order valence-corrected chi connectivity index (χ4v) is 3.11. The lowest BCUT2D eigenvalue weighted by molar-refractivity contribution is -0.136. The molecule has 3 aromatic rings. The molecule has 1 heterocycles. The predicted molar refractivity (Wildman–Crippen MR) is 96.8 cm³/mol. The van der Waals surface area contributed by atoms with Crippen molar-refractivity contribution in [2.24, 2.45) is 0 Å². The van der Waals surface area contributed by atoms with Gasteiger partial charge in [-0.1, -0.05) is 24.3 Å². The lowest BCUT2D eigenvalue weighted by Gasteiger charge is -2.04. The summed E-state index contributed by atoms with van der Waals surface area (Å²) in [6, 6.07) is 13.0. The molecule has 0 atom stereocenters. The summed E-state index contributed by atoms with van der Waals surface area (Å²) < 4.78 is 10.5. The summed E-state index contributed by atoms with van der Waals surface area (Å²) in [5, 5.41) is 0. The highest BCUT2D eigenvalue weighted by molar-refractivity contribution is 5.99. The number of nitrogens with zero attached hydrogens (tertiary/aromatic N) is 1. The van der Waals surface area contributed by atoms with E-state index in [0.717, 1.165) is 19.3 Å². The van der Waals surface area contributed by atoms with Crippen LogP contribution in [0, 0.1) is 0 Å². The van der Waals surface area contributed by atoms with Crippen molar-refractivity contribution in [3.05, 3.63) is 71.1 Å². The molecule has 0 radical (unpaired) electrons. The molecule has 5 heteroatoms. The van der Waals surface area contributed by atoms with Crippen molar-refractivity contribution >= 4 is 28.9 Å². The van der Waals surface area contributed by atoms with Crippen LogP contribution in [0.2, 0.25) is 0 Å². The Morgan fingerprint density at radius 3 is 2.85 bits per heavy atom. The SMILES string of the molecule is O=C(/C=C/c1nc2ccccc2o1)OCC(=O)c1ccc2c(c1)CCC2. The average molecular weight is 347 g/mol. The van der Waals surface area contributed by atoms with Gasteiger partial charge < -0.3 is 9.15 Å². The molecule has 0 bridgehead atoms. The van der Waals surface area contributed by atoms with Crippen molar-refractivity contribution in [2.45, 2.75) is 19.3 Å². The van der Waals surface area contributed by atoms with Gasteiger partial charge in [0.25, 0.3) is 0 Å². The van der Waals surface area contributed by atoms with Crippen LogP contribution in [-0.4, -0.2) is 23.3 Å². The van der Waals surface area contributed by atoms with Crippen LogP contribution in [0.3, 0.4) is 0 Å². The number of hydrogen-bond donors (Lipinski definition) is 0. The topological polar surface area (TPSA) is 69.4 Å². The van der Waals surface area contributed by atoms with Crippen molar-refractivity contribution in [2.75, 3.05) is 6.61 Å². The minimum absolute atomic E-state index is 0.205. The summed E-state index contributed by atoms with van der Waals surface area (Å²) in [4.78, 5) is 28.3. The van der Waals surface area contributed by atoms with E-state index >= 15 is 0 Å².